The molecular weight excluding hydrogens is 546 g/mol. The van der Waals surface area contributed by atoms with Gasteiger partial charge in [0, 0.05) is 15.7 Å². The molecule has 1 amide bonds. The Morgan fingerprint density at radius 1 is 0.970 bits per heavy atom. The number of carbonyl (C=O) groups excluding carboxylic acids is 1. The number of ether oxygens (including phenoxy) is 1. The van der Waals surface area contributed by atoms with Crippen molar-refractivity contribution in [3.05, 3.63) is 110 Å². The summed E-state index contributed by atoms with van der Waals surface area (Å²) in [6.07, 6.45) is 0. The first kappa shape index (κ1) is 23.3. The number of aromatic nitrogens is 2. The standard InChI is InChI=1S/C26H23Br2N3O2/c1-17-25(28)18(2)31(30-17)15-20-4-3-5-23(14-20)29-26(32)21-8-6-19(7-9-21)16-33-24-12-10-22(27)11-13-24/h3-14H,15-16H2,1-2H3,(H,29,32). The van der Waals surface area contributed by atoms with E-state index in [0.717, 1.165) is 42.9 Å². The van der Waals surface area contributed by atoms with Crippen LogP contribution in [0.25, 0.3) is 0 Å². The number of hydrogen-bond acceptors (Lipinski definition) is 3. The van der Waals surface area contributed by atoms with Crippen LogP contribution in [-0.2, 0) is 13.2 Å². The predicted octanol–water partition coefficient (Wildman–Crippen LogP) is 6.90. The number of halogens is 2. The van der Waals surface area contributed by atoms with Gasteiger partial charge in [0.25, 0.3) is 5.91 Å². The predicted molar refractivity (Wildman–Crippen MR) is 138 cm³/mol. The van der Waals surface area contributed by atoms with E-state index in [1.807, 2.05) is 91.3 Å². The van der Waals surface area contributed by atoms with E-state index in [1.165, 1.54) is 0 Å². The van der Waals surface area contributed by atoms with Gasteiger partial charge in [-0.2, -0.15) is 5.10 Å². The molecule has 0 saturated carbocycles. The summed E-state index contributed by atoms with van der Waals surface area (Å²) in [5, 5.41) is 7.54. The fourth-order valence-electron chi connectivity index (χ4n) is 3.40. The van der Waals surface area contributed by atoms with Crippen molar-refractivity contribution in [3.63, 3.8) is 0 Å². The maximum atomic E-state index is 12.7. The smallest absolute Gasteiger partial charge is 0.255 e. The van der Waals surface area contributed by atoms with Gasteiger partial charge in [-0.05, 0) is 89.4 Å². The average Bonchev–Trinajstić information content (AvgIpc) is 3.05. The number of nitrogens with one attached hydrogen (secondary N) is 1. The first-order valence-electron chi connectivity index (χ1n) is 10.5. The molecule has 168 valence electrons. The topological polar surface area (TPSA) is 56.2 Å². The normalized spacial score (nSPS) is 10.8. The molecule has 0 aliphatic carbocycles. The first-order valence-corrected chi connectivity index (χ1v) is 12.0. The average molecular weight is 569 g/mol. The maximum Gasteiger partial charge on any atom is 0.255 e. The second-order valence-electron chi connectivity index (χ2n) is 7.74. The molecular formula is C26H23Br2N3O2. The number of carbonyl (C=O) groups is 1. The van der Waals surface area contributed by atoms with Crippen molar-refractivity contribution in [3.8, 4) is 5.75 Å². The number of amides is 1. The van der Waals surface area contributed by atoms with Gasteiger partial charge in [-0.1, -0.05) is 40.2 Å². The van der Waals surface area contributed by atoms with E-state index in [0.29, 0.717) is 18.7 Å². The largest absolute Gasteiger partial charge is 0.489 e. The molecule has 4 aromatic rings. The fourth-order valence-corrected chi connectivity index (χ4v) is 3.95. The minimum absolute atomic E-state index is 0.151. The molecule has 0 bridgehead atoms. The third-order valence-electron chi connectivity index (χ3n) is 5.25. The lowest BCUT2D eigenvalue weighted by Crippen LogP contribution is -2.12. The summed E-state index contributed by atoms with van der Waals surface area (Å²) in [7, 11) is 0. The van der Waals surface area contributed by atoms with Crippen LogP contribution in [0.3, 0.4) is 0 Å². The zero-order valence-electron chi connectivity index (χ0n) is 18.3. The molecule has 0 aliphatic heterocycles. The third-order valence-corrected chi connectivity index (χ3v) is 6.92. The van der Waals surface area contributed by atoms with Gasteiger partial charge in [-0.3, -0.25) is 9.48 Å². The quantitative estimate of drug-likeness (QED) is 0.264. The Balaban J connectivity index is 1.37. The van der Waals surface area contributed by atoms with Crippen molar-refractivity contribution in [2.24, 2.45) is 0 Å². The molecule has 1 aromatic heterocycles. The van der Waals surface area contributed by atoms with E-state index in [-0.39, 0.29) is 5.91 Å². The molecule has 1 heterocycles. The molecule has 0 unspecified atom stereocenters. The summed E-state index contributed by atoms with van der Waals surface area (Å²) in [5.41, 5.74) is 5.43. The fraction of sp³-hybridized carbons (Fsp3) is 0.154. The van der Waals surface area contributed by atoms with Crippen LogP contribution in [0.15, 0.2) is 81.7 Å². The van der Waals surface area contributed by atoms with Crippen molar-refractivity contribution in [1.29, 1.82) is 0 Å². The summed E-state index contributed by atoms with van der Waals surface area (Å²) in [5.74, 6) is 0.647. The molecule has 1 N–H and O–H groups in total. The Labute approximate surface area is 210 Å². The molecule has 0 atom stereocenters. The van der Waals surface area contributed by atoms with Crippen molar-refractivity contribution < 1.29 is 9.53 Å². The van der Waals surface area contributed by atoms with Crippen LogP contribution in [0.4, 0.5) is 5.69 Å². The molecule has 7 heteroatoms. The Bertz CT molecular complexity index is 1270. The minimum atomic E-state index is -0.151. The van der Waals surface area contributed by atoms with Crippen molar-refractivity contribution in [2.75, 3.05) is 5.32 Å². The zero-order valence-corrected chi connectivity index (χ0v) is 21.5. The second-order valence-corrected chi connectivity index (χ2v) is 9.45. The maximum absolute atomic E-state index is 12.7. The van der Waals surface area contributed by atoms with Crippen LogP contribution < -0.4 is 10.1 Å². The van der Waals surface area contributed by atoms with Crippen molar-refractivity contribution in [1.82, 2.24) is 9.78 Å². The molecule has 0 aliphatic rings. The van der Waals surface area contributed by atoms with Crippen molar-refractivity contribution in [2.45, 2.75) is 27.0 Å². The molecule has 0 saturated heterocycles. The Hall–Kier alpha value is -2.90. The van der Waals surface area contributed by atoms with Gasteiger partial charge in [0.15, 0.2) is 0 Å². The van der Waals surface area contributed by atoms with E-state index in [9.17, 15) is 4.79 Å². The zero-order chi connectivity index (χ0) is 23.4. The van der Waals surface area contributed by atoms with Gasteiger partial charge < -0.3 is 10.1 Å². The number of hydrogen-bond donors (Lipinski definition) is 1. The number of benzene rings is 3. The number of rotatable bonds is 7. The monoisotopic (exact) mass is 567 g/mol. The van der Waals surface area contributed by atoms with Gasteiger partial charge in [-0.15, -0.1) is 0 Å². The molecule has 33 heavy (non-hydrogen) atoms. The molecule has 4 rings (SSSR count). The van der Waals surface area contributed by atoms with E-state index < -0.39 is 0 Å². The second kappa shape index (κ2) is 10.4. The number of aryl methyl sites for hydroxylation is 1. The van der Waals surface area contributed by atoms with E-state index in [4.69, 9.17) is 4.74 Å². The van der Waals surface area contributed by atoms with Gasteiger partial charge in [-0.25, -0.2) is 0 Å². The van der Waals surface area contributed by atoms with Crippen LogP contribution >= 0.6 is 31.9 Å². The highest BCUT2D eigenvalue weighted by atomic mass is 79.9. The summed E-state index contributed by atoms with van der Waals surface area (Å²) in [6, 6.07) is 23.0. The SMILES string of the molecule is Cc1nn(Cc2cccc(NC(=O)c3ccc(COc4ccc(Br)cc4)cc3)c2)c(C)c1Br. The lowest BCUT2D eigenvalue weighted by Gasteiger charge is -2.10. The summed E-state index contributed by atoms with van der Waals surface area (Å²) in [4.78, 5) is 12.7. The van der Waals surface area contributed by atoms with E-state index in [1.54, 1.807) is 0 Å². The summed E-state index contributed by atoms with van der Waals surface area (Å²) >= 11 is 6.98. The van der Waals surface area contributed by atoms with Gasteiger partial charge in [0.1, 0.15) is 12.4 Å². The van der Waals surface area contributed by atoms with Crippen molar-refractivity contribution >= 4 is 43.5 Å². The first-order chi connectivity index (χ1) is 15.9. The summed E-state index contributed by atoms with van der Waals surface area (Å²) < 4.78 is 9.78. The molecule has 0 radical (unpaired) electrons. The highest BCUT2D eigenvalue weighted by Crippen LogP contribution is 2.22. The van der Waals surface area contributed by atoms with Crippen LogP contribution in [0.1, 0.15) is 32.9 Å². The number of anilines is 1. The summed E-state index contributed by atoms with van der Waals surface area (Å²) in [6.45, 7) is 5.08. The third kappa shape index (κ3) is 5.92. The van der Waals surface area contributed by atoms with Crippen LogP contribution in [0, 0.1) is 13.8 Å². The van der Waals surface area contributed by atoms with Gasteiger partial charge in [0.05, 0.1) is 22.4 Å². The lowest BCUT2D eigenvalue weighted by atomic mass is 10.1. The Morgan fingerprint density at radius 2 is 1.70 bits per heavy atom. The van der Waals surface area contributed by atoms with E-state index >= 15 is 0 Å². The van der Waals surface area contributed by atoms with Gasteiger partial charge >= 0.3 is 0 Å². The van der Waals surface area contributed by atoms with E-state index in [2.05, 4.69) is 42.3 Å². The van der Waals surface area contributed by atoms with Crippen LogP contribution in [-0.4, -0.2) is 15.7 Å². The highest BCUT2D eigenvalue weighted by Gasteiger charge is 2.10. The van der Waals surface area contributed by atoms with Crippen LogP contribution in [0.5, 0.6) is 5.75 Å². The highest BCUT2D eigenvalue weighted by molar-refractivity contribution is 9.10. The van der Waals surface area contributed by atoms with Gasteiger partial charge in [0.2, 0.25) is 0 Å². The molecule has 3 aromatic carbocycles. The Morgan fingerprint density at radius 3 is 2.36 bits per heavy atom. The van der Waals surface area contributed by atoms with Crippen LogP contribution in [0.2, 0.25) is 0 Å². The molecule has 0 fully saturated rings. The Kier molecular flexibility index (Phi) is 7.30. The molecule has 5 nitrogen and oxygen atoms in total. The number of nitrogens with zero attached hydrogens (tertiary/aromatic N) is 2. The minimum Gasteiger partial charge on any atom is -0.489 e. The lowest BCUT2D eigenvalue weighted by molar-refractivity contribution is 0.102. The molecule has 0 spiro atoms.